The van der Waals surface area contributed by atoms with Crippen molar-refractivity contribution in [2.75, 3.05) is 6.54 Å². The van der Waals surface area contributed by atoms with Gasteiger partial charge in [0.05, 0.1) is 11.6 Å². The molecule has 2 atom stereocenters. The Morgan fingerprint density at radius 3 is 2.89 bits per heavy atom. The van der Waals surface area contributed by atoms with E-state index in [0.29, 0.717) is 6.04 Å². The van der Waals surface area contributed by atoms with Gasteiger partial charge in [-0.2, -0.15) is 0 Å². The predicted octanol–water partition coefficient (Wildman–Crippen LogP) is 1.97. The summed E-state index contributed by atoms with van der Waals surface area (Å²) in [7, 11) is 0. The van der Waals surface area contributed by atoms with Crippen molar-refractivity contribution >= 4 is 0 Å². The summed E-state index contributed by atoms with van der Waals surface area (Å²) in [6.07, 6.45) is 0.747. The molecule has 2 unspecified atom stereocenters. The van der Waals surface area contributed by atoms with E-state index in [1.54, 1.807) is 0 Å². The minimum absolute atomic E-state index is 0.0441. The second kappa shape index (κ2) is 5.39. The van der Waals surface area contributed by atoms with E-state index in [-0.39, 0.29) is 6.04 Å². The molecule has 0 saturated carbocycles. The molecule has 0 radical (unpaired) electrons. The minimum Gasteiger partial charge on any atom is -0.388 e. The SMILES string of the molecule is CC(C)NCCC(C)(O)C1NCc2ccccc21. The second-order valence-corrected chi connectivity index (χ2v) is 5.73. The first-order chi connectivity index (χ1) is 8.50. The molecule has 3 nitrogen and oxygen atoms in total. The van der Waals surface area contributed by atoms with Gasteiger partial charge < -0.3 is 15.7 Å². The number of fused-ring (bicyclic) bond motifs is 1. The summed E-state index contributed by atoms with van der Waals surface area (Å²) in [4.78, 5) is 0. The molecule has 100 valence electrons. The molecule has 1 heterocycles. The summed E-state index contributed by atoms with van der Waals surface area (Å²) in [5.74, 6) is 0. The van der Waals surface area contributed by atoms with Crippen LogP contribution < -0.4 is 10.6 Å². The smallest absolute Gasteiger partial charge is 0.0825 e. The molecule has 0 bridgehead atoms. The van der Waals surface area contributed by atoms with Crippen LogP contribution in [0.2, 0.25) is 0 Å². The third kappa shape index (κ3) is 2.91. The zero-order chi connectivity index (χ0) is 13.2. The minimum atomic E-state index is -0.714. The Labute approximate surface area is 110 Å². The van der Waals surface area contributed by atoms with Crippen LogP contribution in [0, 0.1) is 0 Å². The number of hydrogen-bond donors (Lipinski definition) is 3. The van der Waals surface area contributed by atoms with E-state index < -0.39 is 5.60 Å². The quantitative estimate of drug-likeness (QED) is 0.746. The zero-order valence-electron chi connectivity index (χ0n) is 11.5. The first-order valence-electron chi connectivity index (χ1n) is 6.77. The zero-order valence-corrected chi connectivity index (χ0v) is 11.5. The first-order valence-corrected chi connectivity index (χ1v) is 6.77. The fourth-order valence-corrected chi connectivity index (χ4v) is 2.61. The van der Waals surface area contributed by atoms with Crippen LogP contribution in [0.5, 0.6) is 0 Å². The number of hydrogen-bond acceptors (Lipinski definition) is 3. The van der Waals surface area contributed by atoms with Crippen molar-refractivity contribution in [3.8, 4) is 0 Å². The monoisotopic (exact) mass is 248 g/mol. The van der Waals surface area contributed by atoms with Gasteiger partial charge in [0, 0.05) is 12.6 Å². The Morgan fingerprint density at radius 2 is 2.17 bits per heavy atom. The molecule has 3 N–H and O–H groups in total. The molecule has 1 aromatic carbocycles. The maximum atomic E-state index is 10.7. The van der Waals surface area contributed by atoms with E-state index in [4.69, 9.17) is 0 Å². The van der Waals surface area contributed by atoms with Gasteiger partial charge in [0.1, 0.15) is 0 Å². The van der Waals surface area contributed by atoms with Gasteiger partial charge in [-0.15, -0.1) is 0 Å². The second-order valence-electron chi connectivity index (χ2n) is 5.73. The fraction of sp³-hybridized carbons (Fsp3) is 0.600. The van der Waals surface area contributed by atoms with Gasteiger partial charge in [-0.05, 0) is 31.0 Å². The summed E-state index contributed by atoms with van der Waals surface area (Å²) in [6.45, 7) is 7.87. The van der Waals surface area contributed by atoms with Crippen LogP contribution >= 0.6 is 0 Å². The lowest BCUT2D eigenvalue weighted by atomic mass is 9.88. The molecular formula is C15H24N2O. The number of rotatable bonds is 5. The predicted molar refractivity (Wildman–Crippen MR) is 74.4 cm³/mol. The highest BCUT2D eigenvalue weighted by molar-refractivity contribution is 5.35. The van der Waals surface area contributed by atoms with E-state index in [0.717, 1.165) is 19.5 Å². The third-order valence-electron chi connectivity index (χ3n) is 3.67. The van der Waals surface area contributed by atoms with Gasteiger partial charge in [-0.1, -0.05) is 38.1 Å². The molecule has 0 aliphatic carbocycles. The fourth-order valence-electron chi connectivity index (χ4n) is 2.61. The van der Waals surface area contributed by atoms with Crippen molar-refractivity contribution in [1.29, 1.82) is 0 Å². The molecule has 0 amide bonds. The molecule has 1 aliphatic heterocycles. The van der Waals surface area contributed by atoms with E-state index >= 15 is 0 Å². The van der Waals surface area contributed by atoms with Crippen LogP contribution in [0.4, 0.5) is 0 Å². The Hall–Kier alpha value is -0.900. The molecule has 18 heavy (non-hydrogen) atoms. The summed E-state index contributed by atoms with van der Waals surface area (Å²) < 4.78 is 0. The lowest BCUT2D eigenvalue weighted by Crippen LogP contribution is -2.41. The maximum Gasteiger partial charge on any atom is 0.0825 e. The van der Waals surface area contributed by atoms with Crippen LogP contribution in [-0.4, -0.2) is 23.3 Å². The lowest BCUT2D eigenvalue weighted by molar-refractivity contribution is 0.0137. The Balaban J connectivity index is 2.03. The van der Waals surface area contributed by atoms with Gasteiger partial charge in [-0.3, -0.25) is 0 Å². The van der Waals surface area contributed by atoms with Gasteiger partial charge in [0.15, 0.2) is 0 Å². The van der Waals surface area contributed by atoms with Crippen molar-refractivity contribution in [3.63, 3.8) is 0 Å². The number of benzene rings is 1. The summed E-state index contributed by atoms with van der Waals surface area (Å²) >= 11 is 0. The molecule has 2 rings (SSSR count). The standard InChI is InChI=1S/C15H24N2O/c1-11(2)16-9-8-15(3,18)14-13-7-5-4-6-12(13)10-17-14/h4-7,11,14,16-18H,8-10H2,1-3H3. The maximum absolute atomic E-state index is 10.7. The largest absolute Gasteiger partial charge is 0.388 e. The number of aliphatic hydroxyl groups is 1. The molecule has 0 aromatic heterocycles. The average molecular weight is 248 g/mol. The highest BCUT2D eigenvalue weighted by Gasteiger charge is 2.36. The molecule has 0 fully saturated rings. The van der Waals surface area contributed by atoms with Crippen molar-refractivity contribution < 1.29 is 5.11 Å². The third-order valence-corrected chi connectivity index (χ3v) is 3.67. The summed E-state index contributed by atoms with van der Waals surface area (Å²) in [6, 6.07) is 8.85. The highest BCUT2D eigenvalue weighted by atomic mass is 16.3. The molecule has 0 saturated heterocycles. The first kappa shape index (κ1) is 13.5. The van der Waals surface area contributed by atoms with Crippen molar-refractivity contribution in [1.82, 2.24) is 10.6 Å². The van der Waals surface area contributed by atoms with Crippen LogP contribution in [0.15, 0.2) is 24.3 Å². The molecule has 1 aromatic rings. The van der Waals surface area contributed by atoms with Crippen molar-refractivity contribution in [2.24, 2.45) is 0 Å². The molecule has 3 heteroatoms. The van der Waals surface area contributed by atoms with Crippen LogP contribution in [0.25, 0.3) is 0 Å². The summed E-state index contributed by atoms with van der Waals surface area (Å²) in [5.41, 5.74) is 1.83. The molecule has 0 spiro atoms. The van der Waals surface area contributed by atoms with Crippen molar-refractivity contribution in [2.45, 2.75) is 51.4 Å². The Bertz CT molecular complexity index is 401. The molecular weight excluding hydrogens is 224 g/mol. The highest BCUT2D eigenvalue weighted by Crippen LogP contribution is 2.34. The van der Waals surface area contributed by atoms with Crippen LogP contribution in [-0.2, 0) is 6.54 Å². The number of nitrogens with one attached hydrogen (secondary N) is 2. The van der Waals surface area contributed by atoms with Gasteiger partial charge in [0.2, 0.25) is 0 Å². The normalized spacial score (nSPS) is 21.9. The van der Waals surface area contributed by atoms with E-state index in [1.807, 2.05) is 13.0 Å². The van der Waals surface area contributed by atoms with Gasteiger partial charge in [0.25, 0.3) is 0 Å². The van der Waals surface area contributed by atoms with E-state index in [2.05, 4.69) is 42.7 Å². The Morgan fingerprint density at radius 1 is 1.44 bits per heavy atom. The lowest BCUT2D eigenvalue weighted by Gasteiger charge is -2.31. The van der Waals surface area contributed by atoms with Crippen LogP contribution in [0.3, 0.4) is 0 Å². The topological polar surface area (TPSA) is 44.3 Å². The van der Waals surface area contributed by atoms with Gasteiger partial charge in [-0.25, -0.2) is 0 Å². The molecule has 1 aliphatic rings. The van der Waals surface area contributed by atoms with E-state index in [1.165, 1.54) is 11.1 Å². The Kier molecular flexibility index (Phi) is 4.05. The van der Waals surface area contributed by atoms with Crippen molar-refractivity contribution in [3.05, 3.63) is 35.4 Å². The summed E-state index contributed by atoms with van der Waals surface area (Å²) in [5, 5.41) is 17.5. The average Bonchev–Trinajstić information content (AvgIpc) is 2.72. The van der Waals surface area contributed by atoms with Crippen LogP contribution in [0.1, 0.15) is 44.4 Å². The van der Waals surface area contributed by atoms with Gasteiger partial charge >= 0.3 is 0 Å². The van der Waals surface area contributed by atoms with E-state index in [9.17, 15) is 5.11 Å².